The zero-order valence-corrected chi connectivity index (χ0v) is 16.4. The van der Waals surface area contributed by atoms with Gasteiger partial charge in [-0.1, -0.05) is 43.7 Å². The first-order valence-corrected chi connectivity index (χ1v) is 9.73. The number of rotatable bonds is 9. The second-order valence-corrected chi connectivity index (χ2v) is 7.22. The van der Waals surface area contributed by atoms with Crippen LogP contribution in [0.3, 0.4) is 0 Å². The van der Waals surface area contributed by atoms with Crippen molar-refractivity contribution in [2.24, 2.45) is 0 Å². The van der Waals surface area contributed by atoms with Gasteiger partial charge in [-0.15, -0.1) is 11.3 Å². The summed E-state index contributed by atoms with van der Waals surface area (Å²) in [4.78, 5) is 26.4. The summed E-state index contributed by atoms with van der Waals surface area (Å²) in [6, 6.07) is 12.6. The third-order valence-corrected chi connectivity index (χ3v) is 5.16. The Kier molecular flexibility index (Phi) is 7.81. The molecule has 2 N–H and O–H groups in total. The number of carbonyl (C=O) groups excluding carboxylic acids is 2. The van der Waals surface area contributed by atoms with Crippen LogP contribution < -0.4 is 10.6 Å². The van der Waals surface area contributed by atoms with Gasteiger partial charge in [-0.25, -0.2) is 0 Å². The molecule has 0 bridgehead atoms. The lowest BCUT2D eigenvalue weighted by atomic mass is 10.0. The van der Waals surface area contributed by atoms with E-state index in [1.807, 2.05) is 11.4 Å². The largest absolute Gasteiger partial charge is 0.358 e. The van der Waals surface area contributed by atoms with Crippen LogP contribution in [-0.4, -0.2) is 43.9 Å². The van der Waals surface area contributed by atoms with E-state index in [9.17, 15) is 9.59 Å². The first-order valence-electron chi connectivity index (χ1n) is 8.85. The van der Waals surface area contributed by atoms with Gasteiger partial charge in [-0.3, -0.25) is 14.9 Å². The van der Waals surface area contributed by atoms with Gasteiger partial charge in [0.1, 0.15) is 0 Å². The molecule has 0 saturated heterocycles. The number of nitrogens with zero attached hydrogens (tertiary/aromatic N) is 1. The zero-order valence-electron chi connectivity index (χ0n) is 15.6. The summed E-state index contributed by atoms with van der Waals surface area (Å²) < 4.78 is 0. The average Bonchev–Trinajstić information content (AvgIpc) is 3.17. The summed E-state index contributed by atoms with van der Waals surface area (Å²) in [6.07, 6.45) is 2.19. The van der Waals surface area contributed by atoms with Crippen molar-refractivity contribution in [3.63, 3.8) is 0 Å². The Hall–Kier alpha value is -2.18. The Labute approximate surface area is 159 Å². The van der Waals surface area contributed by atoms with E-state index in [1.54, 1.807) is 25.4 Å². The molecule has 0 saturated carbocycles. The minimum Gasteiger partial charge on any atom is -0.358 e. The fourth-order valence-corrected chi connectivity index (χ4v) is 3.54. The Morgan fingerprint density at radius 1 is 1.19 bits per heavy atom. The number of thiophene rings is 1. The molecule has 1 aromatic carbocycles. The van der Waals surface area contributed by atoms with Gasteiger partial charge in [0.25, 0.3) is 0 Å². The standard InChI is InChI=1S/C20H27N3O2S/c1-4-6-15-8-10-16(11-9-15)20(17-7-5-12-26-17)22-13-19(25)23(3)14-18(24)21-2/h5,7-12,20,22H,4,6,13-14H2,1-3H3,(H,21,24)/t20-/m1/s1. The molecule has 6 heteroatoms. The van der Waals surface area contributed by atoms with Crippen molar-refractivity contribution in [3.05, 3.63) is 57.8 Å². The van der Waals surface area contributed by atoms with Gasteiger partial charge >= 0.3 is 0 Å². The van der Waals surface area contributed by atoms with Crippen LogP contribution >= 0.6 is 11.3 Å². The molecule has 0 fully saturated rings. The van der Waals surface area contributed by atoms with Gasteiger partial charge in [-0.05, 0) is 29.0 Å². The van der Waals surface area contributed by atoms with Crippen molar-refractivity contribution in [1.29, 1.82) is 0 Å². The molecular formula is C20H27N3O2S. The highest BCUT2D eigenvalue weighted by Crippen LogP contribution is 2.26. The van der Waals surface area contributed by atoms with Crippen molar-refractivity contribution in [1.82, 2.24) is 15.5 Å². The normalized spacial score (nSPS) is 11.8. The third-order valence-electron chi connectivity index (χ3n) is 4.22. The number of amides is 2. The van der Waals surface area contributed by atoms with Crippen molar-refractivity contribution in [2.75, 3.05) is 27.2 Å². The first kappa shape index (κ1) is 20.1. The third kappa shape index (κ3) is 5.68. The summed E-state index contributed by atoms with van der Waals surface area (Å²) in [5, 5.41) is 7.91. The van der Waals surface area contributed by atoms with Crippen molar-refractivity contribution >= 4 is 23.2 Å². The maximum Gasteiger partial charge on any atom is 0.239 e. The van der Waals surface area contributed by atoms with E-state index in [0.717, 1.165) is 23.3 Å². The molecule has 1 atom stereocenters. The van der Waals surface area contributed by atoms with E-state index >= 15 is 0 Å². The summed E-state index contributed by atoms with van der Waals surface area (Å²) >= 11 is 1.66. The van der Waals surface area contributed by atoms with E-state index in [4.69, 9.17) is 0 Å². The Bertz CT molecular complexity index is 698. The molecule has 0 aliphatic rings. The number of hydrogen-bond acceptors (Lipinski definition) is 4. The first-order chi connectivity index (χ1) is 12.5. The highest BCUT2D eigenvalue weighted by molar-refractivity contribution is 7.10. The Morgan fingerprint density at radius 2 is 1.92 bits per heavy atom. The van der Waals surface area contributed by atoms with Crippen LogP contribution in [-0.2, 0) is 16.0 Å². The molecule has 0 radical (unpaired) electrons. The number of carbonyl (C=O) groups is 2. The fourth-order valence-electron chi connectivity index (χ4n) is 2.71. The number of benzene rings is 1. The van der Waals surface area contributed by atoms with Crippen LogP contribution in [0.2, 0.25) is 0 Å². The molecule has 0 aliphatic carbocycles. The molecule has 5 nitrogen and oxygen atoms in total. The molecule has 2 aromatic rings. The molecule has 1 heterocycles. The lowest BCUT2D eigenvalue weighted by Gasteiger charge is -2.21. The molecule has 26 heavy (non-hydrogen) atoms. The van der Waals surface area contributed by atoms with Gasteiger partial charge in [0.05, 0.1) is 19.1 Å². The molecule has 0 spiro atoms. The topological polar surface area (TPSA) is 61.4 Å². The summed E-state index contributed by atoms with van der Waals surface area (Å²) in [5.41, 5.74) is 2.46. The van der Waals surface area contributed by atoms with Crippen LogP contribution in [0.4, 0.5) is 0 Å². The molecular weight excluding hydrogens is 346 g/mol. The molecule has 0 unspecified atom stereocenters. The molecule has 140 valence electrons. The SMILES string of the molecule is CCCc1ccc([C@@H](NCC(=O)N(C)CC(=O)NC)c2cccs2)cc1. The van der Waals surface area contributed by atoms with Gasteiger partial charge in [-0.2, -0.15) is 0 Å². The highest BCUT2D eigenvalue weighted by atomic mass is 32.1. The Balaban J connectivity index is 2.06. The lowest BCUT2D eigenvalue weighted by Crippen LogP contribution is -2.42. The number of likely N-dealkylation sites (N-methyl/N-ethyl adjacent to an activating group) is 2. The predicted molar refractivity (Wildman–Crippen MR) is 106 cm³/mol. The van der Waals surface area contributed by atoms with Crippen LogP contribution in [0.25, 0.3) is 0 Å². The van der Waals surface area contributed by atoms with Crippen LogP contribution in [0, 0.1) is 0 Å². The molecule has 2 amide bonds. The van der Waals surface area contributed by atoms with Gasteiger partial charge < -0.3 is 10.2 Å². The monoisotopic (exact) mass is 373 g/mol. The second kappa shape index (κ2) is 10.1. The quantitative estimate of drug-likeness (QED) is 0.710. The fraction of sp³-hybridized carbons (Fsp3) is 0.400. The highest BCUT2D eigenvalue weighted by Gasteiger charge is 2.18. The summed E-state index contributed by atoms with van der Waals surface area (Å²) in [6.45, 7) is 2.41. The van der Waals surface area contributed by atoms with Crippen LogP contribution in [0.15, 0.2) is 41.8 Å². The van der Waals surface area contributed by atoms with Crippen molar-refractivity contribution in [2.45, 2.75) is 25.8 Å². The lowest BCUT2D eigenvalue weighted by molar-refractivity contribution is -0.133. The van der Waals surface area contributed by atoms with E-state index in [2.05, 4.69) is 47.9 Å². The summed E-state index contributed by atoms with van der Waals surface area (Å²) in [7, 11) is 3.20. The van der Waals surface area contributed by atoms with Crippen molar-refractivity contribution < 1.29 is 9.59 Å². The predicted octanol–water partition coefficient (Wildman–Crippen LogP) is 2.58. The van der Waals surface area contributed by atoms with E-state index in [-0.39, 0.29) is 30.9 Å². The number of nitrogens with one attached hydrogen (secondary N) is 2. The average molecular weight is 374 g/mol. The van der Waals surface area contributed by atoms with E-state index in [0.29, 0.717) is 0 Å². The maximum atomic E-state index is 12.3. The number of aryl methyl sites for hydroxylation is 1. The van der Waals surface area contributed by atoms with Gasteiger partial charge in [0.15, 0.2) is 0 Å². The van der Waals surface area contributed by atoms with Crippen LogP contribution in [0.1, 0.15) is 35.4 Å². The molecule has 0 aliphatic heterocycles. The Morgan fingerprint density at radius 3 is 2.50 bits per heavy atom. The molecule has 2 rings (SSSR count). The van der Waals surface area contributed by atoms with Gasteiger partial charge in [0.2, 0.25) is 11.8 Å². The smallest absolute Gasteiger partial charge is 0.239 e. The molecule has 1 aromatic heterocycles. The van der Waals surface area contributed by atoms with Crippen molar-refractivity contribution in [3.8, 4) is 0 Å². The number of hydrogen-bond donors (Lipinski definition) is 2. The van der Waals surface area contributed by atoms with Gasteiger partial charge in [0, 0.05) is 19.0 Å². The summed E-state index contributed by atoms with van der Waals surface area (Å²) in [5.74, 6) is -0.292. The van der Waals surface area contributed by atoms with E-state index < -0.39 is 0 Å². The zero-order chi connectivity index (χ0) is 18.9. The van der Waals surface area contributed by atoms with E-state index in [1.165, 1.54) is 10.5 Å². The minimum absolute atomic E-state index is 0.0389. The minimum atomic E-state index is -0.179. The maximum absolute atomic E-state index is 12.3. The second-order valence-electron chi connectivity index (χ2n) is 6.24. The van der Waals surface area contributed by atoms with Crippen LogP contribution in [0.5, 0.6) is 0 Å².